The number of carbonyl (C=O) groups excluding carboxylic acids is 2. The Labute approximate surface area is 363 Å². The topological polar surface area (TPSA) is 191 Å². The molecule has 18 heteroatoms. The Morgan fingerprint density at radius 3 is 1.30 bits per heavy atom. The first-order valence-electron chi connectivity index (χ1n) is 17.8. The number of nitrogens with zero attached hydrogens (tertiary/aromatic N) is 4. The summed E-state index contributed by atoms with van der Waals surface area (Å²) in [4.78, 5) is 40.7. The summed E-state index contributed by atoms with van der Waals surface area (Å²) in [6, 6.07) is 17.7. The molecule has 0 unspecified atom stereocenters. The number of ether oxygens (including phenoxy) is 4. The summed E-state index contributed by atoms with van der Waals surface area (Å²) in [6.07, 6.45) is 8.82. The molecule has 0 saturated heterocycles. The van der Waals surface area contributed by atoms with Gasteiger partial charge in [-0.15, -0.1) is 0 Å². The highest BCUT2D eigenvalue weighted by Crippen LogP contribution is 2.34. The van der Waals surface area contributed by atoms with Gasteiger partial charge in [0.25, 0.3) is 0 Å². The molecule has 0 bridgehead atoms. The van der Waals surface area contributed by atoms with Gasteiger partial charge in [0.05, 0.1) is 29.9 Å². The molecule has 4 heterocycles. The minimum absolute atomic E-state index is 0.00789. The second kappa shape index (κ2) is 18.8. The monoisotopic (exact) mass is 978 g/mol. The van der Waals surface area contributed by atoms with Crippen LogP contribution in [0.4, 0.5) is 0 Å². The van der Waals surface area contributed by atoms with Gasteiger partial charge in [-0.2, -0.15) is 9.97 Å². The maximum Gasteiger partial charge on any atom is 0.231 e. The summed E-state index contributed by atoms with van der Waals surface area (Å²) >= 11 is 6.88. The van der Waals surface area contributed by atoms with E-state index in [-0.39, 0.29) is 70.9 Å². The number of benzene rings is 2. The van der Waals surface area contributed by atoms with Crippen molar-refractivity contribution in [1.82, 2.24) is 19.9 Å². The number of hydrogen-bond donors (Lipinski definition) is 0. The maximum absolute atomic E-state index is 12.0. The van der Waals surface area contributed by atoms with Crippen molar-refractivity contribution in [3.63, 3.8) is 0 Å². The highest BCUT2D eigenvalue weighted by molar-refractivity contribution is 9.10. The first kappa shape index (κ1) is 44.0. The number of sulfone groups is 2. The van der Waals surface area contributed by atoms with Crippen molar-refractivity contribution >= 4 is 64.1 Å². The van der Waals surface area contributed by atoms with Crippen LogP contribution in [0, 0.1) is 13.8 Å². The number of aromatic nitrogens is 4. The van der Waals surface area contributed by atoms with Gasteiger partial charge < -0.3 is 18.9 Å². The van der Waals surface area contributed by atoms with E-state index in [1.165, 1.54) is 49.1 Å². The number of halogens is 2. The standard InChI is InChI=1S/C42H36Br2N4O10S2/c1-25-29(23-57-41-37(43)13-31(19-49)39(47-41)55-21-27-11-33(17-45-15-27)59(3,51)52)7-5-9-35(25)36-10-6-8-30(26(36)2)24-58-42-38(44)14-32(20-50)40(48-42)56-22-28-12-34(18-46-16-28)60(4,53)54/h5-20H,21-24H2,1-4H3. The summed E-state index contributed by atoms with van der Waals surface area (Å²) in [7, 11) is -6.96. The second-order valence-corrected chi connectivity index (χ2v) is 19.3. The van der Waals surface area contributed by atoms with E-state index in [0.717, 1.165) is 45.9 Å². The molecule has 0 saturated carbocycles. The zero-order chi connectivity index (χ0) is 43.2. The molecule has 4 aromatic heterocycles. The van der Waals surface area contributed by atoms with Gasteiger partial charge in [0.2, 0.25) is 23.5 Å². The van der Waals surface area contributed by atoms with E-state index in [9.17, 15) is 26.4 Å². The second-order valence-electron chi connectivity index (χ2n) is 13.5. The molecule has 0 amide bonds. The predicted molar refractivity (Wildman–Crippen MR) is 228 cm³/mol. The third-order valence-corrected chi connectivity index (χ3v) is 12.5. The molecule has 2 aromatic carbocycles. The molecular weight excluding hydrogens is 944 g/mol. The molecule has 0 fully saturated rings. The van der Waals surface area contributed by atoms with Gasteiger partial charge in [0, 0.05) is 48.4 Å². The molecule has 0 aliphatic carbocycles. The molecule has 14 nitrogen and oxygen atoms in total. The Balaban J connectivity index is 1.16. The average Bonchev–Trinajstić information content (AvgIpc) is 3.22. The third kappa shape index (κ3) is 10.6. The summed E-state index contributed by atoms with van der Waals surface area (Å²) in [5.74, 6) is 0.389. The molecule has 0 aliphatic heterocycles. The quantitative estimate of drug-likeness (QED) is 0.0804. The minimum atomic E-state index is -3.48. The summed E-state index contributed by atoms with van der Waals surface area (Å²) in [5, 5.41) is 0. The van der Waals surface area contributed by atoms with Crippen molar-refractivity contribution in [2.75, 3.05) is 12.5 Å². The van der Waals surface area contributed by atoms with Gasteiger partial charge in [0.1, 0.15) is 26.4 Å². The Kier molecular flexibility index (Phi) is 13.8. The lowest BCUT2D eigenvalue weighted by Gasteiger charge is -2.17. The molecule has 60 heavy (non-hydrogen) atoms. The van der Waals surface area contributed by atoms with E-state index in [4.69, 9.17) is 18.9 Å². The summed E-state index contributed by atoms with van der Waals surface area (Å²) in [6.45, 7) is 4.08. The van der Waals surface area contributed by atoms with Crippen LogP contribution in [0.25, 0.3) is 11.1 Å². The number of aldehydes is 2. The van der Waals surface area contributed by atoms with Crippen molar-refractivity contribution in [2.45, 2.75) is 50.1 Å². The van der Waals surface area contributed by atoms with E-state index in [1.54, 1.807) is 0 Å². The fourth-order valence-corrected chi connectivity index (χ4v) is 8.03. The third-order valence-electron chi connectivity index (χ3n) is 9.18. The highest BCUT2D eigenvalue weighted by atomic mass is 79.9. The van der Waals surface area contributed by atoms with E-state index >= 15 is 0 Å². The molecule has 0 radical (unpaired) electrons. The fraction of sp³-hybridized carbons (Fsp3) is 0.190. The maximum atomic E-state index is 12.0. The molecule has 0 spiro atoms. The molecule has 6 rings (SSSR count). The van der Waals surface area contributed by atoms with Crippen molar-refractivity contribution in [2.24, 2.45) is 0 Å². The van der Waals surface area contributed by atoms with Crippen molar-refractivity contribution < 1.29 is 45.4 Å². The molecular formula is C42H36Br2N4O10S2. The van der Waals surface area contributed by atoms with Crippen molar-refractivity contribution in [3.8, 4) is 34.6 Å². The van der Waals surface area contributed by atoms with Crippen LogP contribution in [0.1, 0.15) is 54.1 Å². The van der Waals surface area contributed by atoms with Gasteiger partial charge in [0.15, 0.2) is 32.2 Å². The number of rotatable bonds is 17. The first-order valence-corrected chi connectivity index (χ1v) is 23.2. The van der Waals surface area contributed by atoms with Crippen LogP contribution in [0.3, 0.4) is 0 Å². The Bertz CT molecular complexity index is 2650. The van der Waals surface area contributed by atoms with Crippen LogP contribution in [0.2, 0.25) is 0 Å². The first-order chi connectivity index (χ1) is 28.5. The van der Waals surface area contributed by atoms with Gasteiger partial charge >= 0.3 is 0 Å². The molecule has 6 aromatic rings. The Morgan fingerprint density at radius 1 is 0.550 bits per heavy atom. The molecule has 0 atom stereocenters. The van der Waals surface area contributed by atoms with E-state index in [0.29, 0.717) is 32.6 Å². The average molecular weight is 981 g/mol. The number of hydrogen-bond acceptors (Lipinski definition) is 14. The van der Waals surface area contributed by atoms with Crippen LogP contribution >= 0.6 is 31.9 Å². The van der Waals surface area contributed by atoms with Crippen LogP contribution in [-0.2, 0) is 46.1 Å². The van der Waals surface area contributed by atoms with E-state index in [2.05, 4.69) is 51.8 Å². The lowest BCUT2D eigenvalue weighted by molar-refractivity contribution is 0.111. The Hall–Kier alpha value is -5.56. The zero-order valence-electron chi connectivity index (χ0n) is 32.5. The normalized spacial score (nSPS) is 11.5. The summed E-state index contributed by atoms with van der Waals surface area (Å²) < 4.78 is 72.8. The SMILES string of the molecule is Cc1c(COc2nc(OCc3cncc(S(C)(=O)=O)c3)c(C=O)cc2Br)cccc1-c1cccc(COc2nc(OCc3cncc(S(C)(=O)=O)c3)c(C=O)cc2Br)c1C. The predicted octanol–water partition coefficient (Wildman–Crippen LogP) is 7.82. The summed E-state index contributed by atoms with van der Waals surface area (Å²) in [5.41, 5.74) is 6.89. The Morgan fingerprint density at radius 2 is 0.933 bits per heavy atom. The smallest absolute Gasteiger partial charge is 0.231 e. The van der Waals surface area contributed by atoms with Crippen molar-refractivity contribution in [1.29, 1.82) is 0 Å². The van der Waals surface area contributed by atoms with E-state index in [1.807, 2.05) is 50.2 Å². The van der Waals surface area contributed by atoms with Gasteiger partial charge in [-0.05, 0) is 103 Å². The van der Waals surface area contributed by atoms with Gasteiger partial charge in [-0.1, -0.05) is 36.4 Å². The van der Waals surface area contributed by atoms with Crippen LogP contribution in [0.5, 0.6) is 23.5 Å². The van der Waals surface area contributed by atoms with E-state index < -0.39 is 19.7 Å². The lowest BCUT2D eigenvalue weighted by atomic mass is 9.92. The minimum Gasteiger partial charge on any atom is -0.472 e. The molecule has 0 aliphatic rings. The van der Waals surface area contributed by atoms with Crippen LogP contribution in [-0.4, -0.2) is 61.9 Å². The van der Waals surface area contributed by atoms with Crippen molar-refractivity contribution in [3.05, 3.63) is 139 Å². The van der Waals surface area contributed by atoms with Gasteiger partial charge in [-0.3, -0.25) is 19.6 Å². The molecule has 0 N–H and O–H groups in total. The number of pyridine rings is 4. The van der Waals surface area contributed by atoms with Crippen LogP contribution in [0.15, 0.2) is 104 Å². The zero-order valence-corrected chi connectivity index (χ0v) is 37.3. The number of carbonyl (C=O) groups is 2. The fourth-order valence-electron chi connectivity index (χ4n) is 5.89. The van der Waals surface area contributed by atoms with Gasteiger partial charge in [-0.25, -0.2) is 16.8 Å². The molecule has 310 valence electrons. The highest BCUT2D eigenvalue weighted by Gasteiger charge is 2.18. The van der Waals surface area contributed by atoms with Crippen LogP contribution < -0.4 is 18.9 Å². The lowest BCUT2D eigenvalue weighted by Crippen LogP contribution is -2.07. The largest absolute Gasteiger partial charge is 0.472 e.